The molecule has 0 aliphatic heterocycles. The second kappa shape index (κ2) is 5.36. The van der Waals surface area contributed by atoms with Crippen molar-refractivity contribution in [1.82, 2.24) is 10.3 Å². The average molecular weight is 254 g/mol. The lowest BCUT2D eigenvalue weighted by Gasteiger charge is -2.08. The molecule has 2 rings (SSSR count). The van der Waals surface area contributed by atoms with Gasteiger partial charge in [-0.2, -0.15) is 0 Å². The molecule has 0 radical (unpaired) electrons. The summed E-state index contributed by atoms with van der Waals surface area (Å²) in [5, 5.41) is 6.34. The molecule has 0 saturated heterocycles. The van der Waals surface area contributed by atoms with Gasteiger partial charge in [-0.3, -0.25) is 4.79 Å². The van der Waals surface area contributed by atoms with Gasteiger partial charge in [0.15, 0.2) is 0 Å². The first-order valence-electron chi connectivity index (χ1n) is 5.88. The normalized spacial score (nSPS) is 14.5. The summed E-state index contributed by atoms with van der Waals surface area (Å²) in [4.78, 5) is 16.0. The van der Waals surface area contributed by atoms with Gasteiger partial charge in [-0.25, -0.2) is 4.98 Å². The van der Waals surface area contributed by atoms with E-state index in [9.17, 15) is 4.79 Å². The second-order valence-corrected chi connectivity index (χ2v) is 4.64. The zero-order valence-electron chi connectivity index (χ0n) is 9.79. The lowest BCUT2D eigenvalue weighted by atomic mass is 10.2. The summed E-state index contributed by atoms with van der Waals surface area (Å²) in [6.45, 7) is 3.48. The fraction of sp³-hybridized carbons (Fsp3) is 0.500. The van der Waals surface area contributed by atoms with Crippen LogP contribution in [-0.4, -0.2) is 24.0 Å². The number of aromatic nitrogens is 1. The van der Waals surface area contributed by atoms with Gasteiger partial charge in [0, 0.05) is 19.3 Å². The number of anilines is 1. The lowest BCUT2D eigenvalue weighted by Crippen LogP contribution is -2.26. The van der Waals surface area contributed by atoms with E-state index in [1.807, 2.05) is 6.92 Å². The summed E-state index contributed by atoms with van der Waals surface area (Å²) >= 11 is 5.97. The molecule has 1 aliphatic rings. The third-order valence-electron chi connectivity index (χ3n) is 2.71. The van der Waals surface area contributed by atoms with Gasteiger partial charge < -0.3 is 10.6 Å². The molecule has 1 aromatic rings. The molecule has 0 bridgehead atoms. The van der Waals surface area contributed by atoms with Crippen LogP contribution in [0.15, 0.2) is 12.3 Å². The van der Waals surface area contributed by atoms with Crippen LogP contribution in [0.2, 0.25) is 5.02 Å². The van der Waals surface area contributed by atoms with Crippen molar-refractivity contribution < 1.29 is 4.79 Å². The fourth-order valence-corrected chi connectivity index (χ4v) is 1.73. The highest BCUT2D eigenvalue weighted by molar-refractivity contribution is 6.33. The number of hydrogen-bond acceptors (Lipinski definition) is 3. The van der Waals surface area contributed by atoms with Crippen molar-refractivity contribution in [3.8, 4) is 0 Å². The second-order valence-electron chi connectivity index (χ2n) is 4.23. The highest BCUT2D eigenvalue weighted by atomic mass is 35.5. The molecule has 1 aromatic heterocycles. The van der Waals surface area contributed by atoms with Crippen LogP contribution in [0, 0.1) is 5.92 Å². The first kappa shape index (κ1) is 12.2. The Kier molecular flexibility index (Phi) is 3.84. The molecule has 5 heteroatoms. The van der Waals surface area contributed by atoms with E-state index in [2.05, 4.69) is 15.6 Å². The standard InChI is InChI=1S/C12H16ClN3O/c1-2-14-11-5-9(10(13)7-15-11)12(17)16-6-8-3-4-8/h5,7-8H,2-4,6H2,1H3,(H,14,15)(H,16,17). The van der Waals surface area contributed by atoms with Crippen LogP contribution >= 0.6 is 11.6 Å². The van der Waals surface area contributed by atoms with Gasteiger partial charge in [0.1, 0.15) is 5.82 Å². The van der Waals surface area contributed by atoms with Crippen molar-refractivity contribution in [2.45, 2.75) is 19.8 Å². The summed E-state index contributed by atoms with van der Waals surface area (Å²) in [6, 6.07) is 1.69. The molecule has 0 spiro atoms. The summed E-state index contributed by atoms with van der Waals surface area (Å²) in [6.07, 6.45) is 3.94. The van der Waals surface area contributed by atoms with Crippen LogP contribution in [0.1, 0.15) is 30.1 Å². The molecule has 0 aromatic carbocycles. The van der Waals surface area contributed by atoms with Gasteiger partial charge >= 0.3 is 0 Å². The minimum atomic E-state index is -0.122. The smallest absolute Gasteiger partial charge is 0.252 e. The number of carbonyl (C=O) groups is 1. The van der Waals surface area contributed by atoms with E-state index in [4.69, 9.17) is 11.6 Å². The number of nitrogens with zero attached hydrogens (tertiary/aromatic N) is 1. The van der Waals surface area contributed by atoms with Crippen LogP contribution in [0.4, 0.5) is 5.82 Å². The third kappa shape index (κ3) is 3.33. The van der Waals surface area contributed by atoms with Gasteiger partial charge in [0.05, 0.1) is 10.6 Å². The first-order valence-corrected chi connectivity index (χ1v) is 6.26. The van der Waals surface area contributed by atoms with Gasteiger partial charge in [-0.05, 0) is 31.7 Å². The van der Waals surface area contributed by atoms with E-state index in [1.165, 1.54) is 19.0 Å². The van der Waals surface area contributed by atoms with E-state index in [0.29, 0.717) is 22.3 Å². The zero-order valence-corrected chi connectivity index (χ0v) is 10.5. The molecule has 92 valence electrons. The maximum atomic E-state index is 11.9. The van der Waals surface area contributed by atoms with Crippen molar-refractivity contribution in [2.24, 2.45) is 5.92 Å². The predicted octanol–water partition coefficient (Wildman–Crippen LogP) is 2.31. The van der Waals surface area contributed by atoms with Crippen LogP contribution < -0.4 is 10.6 Å². The molecular formula is C12H16ClN3O. The monoisotopic (exact) mass is 253 g/mol. The SMILES string of the molecule is CCNc1cc(C(=O)NCC2CC2)c(Cl)cn1. The largest absolute Gasteiger partial charge is 0.370 e. The number of hydrogen-bond donors (Lipinski definition) is 2. The number of halogens is 1. The van der Waals surface area contributed by atoms with E-state index < -0.39 is 0 Å². The fourth-order valence-electron chi connectivity index (χ4n) is 1.54. The van der Waals surface area contributed by atoms with Gasteiger partial charge in [-0.1, -0.05) is 11.6 Å². The number of pyridine rings is 1. The molecule has 1 heterocycles. The molecule has 2 N–H and O–H groups in total. The molecule has 4 nitrogen and oxygen atoms in total. The minimum Gasteiger partial charge on any atom is -0.370 e. The number of carbonyl (C=O) groups excluding carboxylic acids is 1. The Balaban J connectivity index is 2.05. The number of nitrogens with one attached hydrogen (secondary N) is 2. The predicted molar refractivity (Wildman–Crippen MR) is 68.5 cm³/mol. The van der Waals surface area contributed by atoms with Gasteiger partial charge in [-0.15, -0.1) is 0 Å². The van der Waals surface area contributed by atoms with Crippen molar-refractivity contribution in [1.29, 1.82) is 0 Å². The Morgan fingerprint density at radius 3 is 3.00 bits per heavy atom. The summed E-state index contributed by atoms with van der Waals surface area (Å²) < 4.78 is 0. The Morgan fingerprint density at radius 1 is 1.59 bits per heavy atom. The number of amides is 1. The van der Waals surface area contributed by atoms with Crippen molar-refractivity contribution in [2.75, 3.05) is 18.4 Å². The van der Waals surface area contributed by atoms with Crippen molar-refractivity contribution >= 4 is 23.3 Å². The molecular weight excluding hydrogens is 238 g/mol. The zero-order chi connectivity index (χ0) is 12.3. The molecule has 1 fully saturated rings. The molecule has 0 atom stereocenters. The maximum Gasteiger partial charge on any atom is 0.252 e. The Labute approximate surface area is 106 Å². The van der Waals surface area contributed by atoms with Crippen LogP contribution in [0.3, 0.4) is 0 Å². The summed E-state index contributed by atoms with van der Waals surface area (Å²) in [5.41, 5.74) is 0.485. The van der Waals surface area contributed by atoms with E-state index in [0.717, 1.165) is 13.1 Å². The van der Waals surface area contributed by atoms with E-state index in [1.54, 1.807) is 6.07 Å². The molecule has 0 unspecified atom stereocenters. The molecule has 1 aliphatic carbocycles. The Bertz CT molecular complexity index is 418. The topological polar surface area (TPSA) is 54.0 Å². The first-order chi connectivity index (χ1) is 8.20. The quantitative estimate of drug-likeness (QED) is 0.847. The Morgan fingerprint density at radius 2 is 2.35 bits per heavy atom. The van der Waals surface area contributed by atoms with Crippen molar-refractivity contribution in [3.05, 3.63) is 22.8 Å². The van der Waals surface area contributed by atoms with E-state index in [-0.39, 0.29) is 5.91 Å². The third-order valence-corrected chi connectivity index (χ3v) is 3.01. The summed E-state index contributed by atoms with van der Waals surface area (Å²) in [7, 11) is 0. The average Bonchev–Trinajstić information content (AvgIpc) is 3.13. The van der Waals surface area contributed by atoms with Gasteiger partial charge in [0.2, 0.25) is 0 Å². The lowest BCUT2D eigenvalue weighted by molar-refractivity contribution is 0.0952. The molecule has 1 amide bonds. The Hall–Kier alpha value is -1.29. The van der Waals surface area contributed by atoms with Crippen LogP contribution in [0.5, 0.6) is 0 Å². The number of rotatable bonds is 5. The van der Waals surface area contributed by atoms with Gasteiger partial charge in [0.25, 0.3) is 5.91 Å². The van der Waals surface area contributed by atoms with Crippen LogP contribution in [-0.2, 0) is 0 Å². The maximum absolute atomic E-state index is 11.9. The summed E-state index contributed by atoms with van der Waals surface area (Å²) in [5.74, 6) is 1.21. The highest BCUT2D eigenvalue weighted by Crippen LogP contribution is 2.27. The van der Waals surface area contributed by atoms with Crippen molar-refractivity contribution in [3.63, 3.8) is 0 Å². The highest BCUT2D eigenvalue weighted by Gasteiger charge is 2.22. The molecule has 1 saturated carbocycles. The van der Waals surface area contributed by atoms with E-state index >= 15 is 0 Å². The van der Waals surface area contributed by atoms with Crippen LogP contribution in [0.25, 0.3) is 0 Å². The minimum absolute atomic E-state index is 0.122. The molecule has 17 heavy (non-hydrogen) atoms.